The molecule has 6 heteroatoms. The van der Waals surface area contributed by atoms with E-state index in [-0.39, 0.29) is 22.6 Å². The summed E-state index contributed by atoms with van der Waals surface area (Å²) in [6.07, 6.45) is 0. The fraction of sp³-hybridized carbons (Fsp3) is 0.462. The van der Waals surface area contributed by atoms with Crippen molar-refractivity contribution < 1.29 is 15.0 Å². The molecule has 2 rings (SSSR count). The standard InChI is InChI=1S/C13H15Cl2NO3/c1-7(13(18)19)9-5-16(6-9)4-8-2-10(14)3-11(15)12(8)17/h2-3,7,9,17H,4-6H2,1H3,(H,18,19). The molecule has 1 saturated heterocycles. The maximum absolute atomic E-state index is 10.8. The van der Waals surface area contributed by atoms with Crippen LogP contribution in [0.4, 0.5) is 0 Å². The zero-order valence-electron chi connectivity index (χ0n) is 10.4. The molecule has 0 spiro atoms. The SMILES string of the molecule is CC(C(=O)O)C1CN(Cc2cc(Cl)cc(Cl)c2O)C1. The average molecular weight is 304 g/mol. The second-order valence-corrected chi connectivity index (χ2v) is 5.82. The molecule has 0 aromatic heterocycles. The Balaban J connectivity index is 1.97. The van der Waals surface area contributed by atoms with E-state index in [4.69, 9.17) is 28.3 Å². The predicted molar refractivity (Wildman–Crippen MR) is 73.7 cm³/mol. The Hall–Kier alpha value is -0.970. The van der Waals surface area contributed by atoms with Gasteiger partial charge >= 0.3 is 5.97 Å². The Bertz CT molecular complexity index is 501. The van der Waals surface area contributed by atoms with E-state index in [0.29, 0.717) is 30.2 Å². The van der Waals surface area contributed by atoms with Gasteiger partial charge in [0.15, 0.2) is 0 Å². The zero-order chi connectivity index (χ0) is 14.2. The number of nitrogens with zero attached hydrogens (tertiary/aromatic N) is 1. The highest BCUT2D eigenvalue weighted by Crippen LogP contribution is 2.34. The van der Waals surface area contributed by atoms with E-state index in [9.17, 15) is 9.90 Å². The van der Waals surface area contributed by atoms with Crippen molar-refractivity contribution in [1.82, 2.24) is 4.90 Å². The summed E-state index contributed by atoms with van der Waals surface area (Å²) in [5.41, 5.74) is 0.666. The van der Waals surface area contributed by atoms with Gasteiger partial charge in [-0.2, -0.15) is 0 Å². The number of hydrogen-bond donors (Lipinski definition) is 2. The van der Waals surface area contributed by atoms with E-state index >= 15 is 0 Å². The average Bonchev–Trinajstić information content (AvgIpc) is 2.28. The molecule has 0 radical (unpaired) electrons. The second kappa shape index (κ2) is 5.57. The van der Waals surface area contributed by atoms with Crippen LogP contribution in [0.3, 0.4) is 0 Å². The number of benzene rings is 1. The van der Waals surface area contributed by atoms with E-state index in [1.165, 1.54) is 6.07 Å². The van der Waals surface area contributed by atoms with Crippen LogP contribution in [0.1, 0.15) is 12.5 Å². The van der Waals surface area contributed by atoms with Gasteiger partial charge in [0, 0.05) is 30.2 Å². The molecule has 0 aliphatic carbocycles. The molecule has 1 unspecified atom stereocenters. The first kappa shape index (κ1) is 14.4. The van der Waals surface area contributed by atoms with E-state index in [0.717, 1.165) is 0 Å². The zero-order valence-corrected chi connectivity index (χ0v) is 11.9. The smallest absolute Gasteiger partial charge is 0.306 e. The number of phenolic OH excluding ortho intramolecular Hbond substituents is 1. The van der Waals surface area contributed by atoms with Crippen molar-refractivity contribution in [3.05, 3.63) is 27.7 Å². The third kappa shape index (κ3) is 3.14. The monoisotopic (exact) mass is 303 g/mol. The third-order valence-corrected chi connectivity index (χ3v) is 4.09. The summed E-state index contributed by atoms with van der Waals surface area (Å²) in [6.45, 7) is 3.65. The molecule has 1 atom stereocenters. The van der Waals surface area contributed by atoms with Gasteiger partial charge in [0.25, 0.3) is 0 Å². The van der Waals surface area contributed by atoms with Gasteiger partial charge in [-0.25, -0.2) is 0 Å². The first-order valence-electron chi connectivity index (χ1n) is 6.00. The molecule has 1 aliphatic heterocycles. The molecule has 0 amide bonds. The quantitative estimate of drug-likeness (QED) is 0.898. The number of carboxylic acid groups (broad SMARTS) is 1. The Labute approximate surface area is 121 Å². The van der Waals surface area contributed by atoms with Gasteiger partial charge in [0.2, 0.25) is 0 Å². The summed E-state index contributed by atoms with van der Waals surface area (Å²) >= 11 is 11.7. The van der Waals surface area contributed by atoms with Gasteiger partial charge in [0.1, 0.15) is 5.75 Å². The lowest BCUT2D eigenvalue weighted by molar-refractivity contribution is -0.145. The predicted octanol–water partition coefficient (Wildman–Crippen LogP) is 2.85. The summed E-state index contributed by atoms with van der Waals surface area (Å²) in [4.78, 5) is 12.9. The minimum atomic E-state index is -0.765. The second-order valence-electron chi connectivity index (χ2n) is 4.98. The molecule has 1 fully saturated rings. The molecule has 1 aliphatic rings. The van der Waals surface area contributed by atoms with Crippen molar-refractivity contribution in [2.24, 2.45) is 11.8 Å². The van der Waals surface area contributed by atoms with Crippen molar-refractivity contribution in [2.45, 2.75) is 13.5 Å². The van der Waals surface area contributed by atoms with Crippen LogP contribution in [0.15, 0.2) is 12.1 Å². The molecule has 2 N–H and O–H groups in total. The number of halogens is 2. The molecule has 0 saturated carbocycles. The third-order valence-electron chi connectivity index (χ3n) is 3.58. The molecular weight excluding hydrogens is 289 g/mol. The Morgan fingerprint density at radius 1 is 1.47 bits per heavy atom. The van der Waals surface area contributed by atoms with Crippen LogP contribution in [0, 0.1) is 11.8 Å². The number of aromatic hydroxyl groups is 1. The van der Waals surface area contributed by atoms with E-state index in [2.05, 4.69) is 4.90 Å². The normalized spacial score (nSPS) is 18.1. The number of rotatable bonds is 4. The van der Waals surface area contributed by atoms with Crippen LogP contribution < -0.4 is 0 Å². The minimum Gasteiger partial charge on any atom is -0.506 e. The first-order valence-corrected chi connectivity index (χ1v) is 6.76. The maximum atomic E-state index is 10.8. The number of likely N-dealkylation sites (tertiary alicyclic amines) is 1. The maximum Gasteiger partial charge on any atom is 0.306 e. The van der Waals surface area contributed by atoms with Crippen molar-refractivity contribution in [3.8, 4) is 5.75 Å². The molecule has 1 aromatic rings. The van der Waals surface area contributed by atoms with Gasteiger partial charge in [-0.05, 0) is 18.1 Å². The van der Waals surface area contributed by atoms with E-state index in [1.54, 1.807) is 13.0 Å². The molecule has 1 heterocycles. The molecule has 104 valence electrons. The molecular formula is C13H15Cl2NO3. The van der Waals surface area contributed by atoms with Gasteiger partial charge in [-0.1, -0.05) is 30.1 Å². The van der Waals surface area contributed by atoms with Gasteiger partial charge in [-0.3, -0.25) is 9.69 Å². The van der Waals surface area contributed by atoms with Crippen molar-refractivity contribution in [3.63, 3.8) is 0 Å². The molecule has 1 aromatic carbocycles. The number of carbonyl (C=O) groups is 1. The highest BCUT2D eigenvalue weighted by Gasteiger charge is 2.34. The van der Waals surface area contributed by atoms with E-state index < -0.39 is 5.97 Å². The van der Waals surface area contributed by atoms with Crippen LogP contribution >= 0.6 is 23.2 Å². The van der Waals surface area contributed by atoms with Gasteiger partial charge in [-0.15, -0.1) is 0 Å². The van der Waals surface area contributed by atoms with E-state index in [1.807, 2.05) is 0 Å². The molecule has 0 bridgehead atoms. The highest BCUT2D eigenvalue weighted by molar-refractivity contribution is 6.35. The number of carboxylic acids is 1. The molecule has 4 nitrogen and oxygen atoms in total. The lowest BCUT2D eigenvalue weighted by Crippen LogP contribution is -2.50. The number of aliphatic carboxylic acids is 1. The lowest BCUT2D eigenvalue weighted by Gasteiger charge is -2.41. The highest BCUT2D eigenvalue weighted by atomic mass is 35.5. The Morgan fingerprint density at radius 3 is 2.68 bits per heavy atom. The van der Waals surface area contributed by atoms with Gasteiger partial charge < -0.3 is 10.2 Å². The fourth-order valence-corrected chi connectivity index (χ4v) is 2.77. The fourth-order valence-electron chi connectivity index (χ4n) is 2.24. The van der Waals surface area contributed by atoms with Crippen LogP contribution in [0.25, 0.3) is 0 Å². The number of hydrogen-bond acceptors (Lipinski definition) is 3. The van der Waals surface area contributed by atoms with Crippen molar-refractivity contribution in [1.29, 1.82) is 0 Å². The Morgan fingerprint density at radius 2 is 2.11 bits per heavy atom. The van der Waals surface area contributed by atoms with Gasteiger partial charge in [0.05, 0.1) is 10.9 Å². The lowest BCUT2D eigenvalue weighted by atomic mass is 9.87. The minimum absolute atomic E-state index is 0.0424. The Kier molecular flexibility index (Phi) is 4.23. The largest absolute Gasteiger partial charge is 0.506 e. The summed E-state index contributed by atoms with van der Waals surface area (Å²) in [5, 5.41) is 19.5. The first-order chi connectivity index (χ1) is 8.88. The van der Waals surface area contributed by atoms with Crippen LogP contribution in [-0.2, 0) is 11.3 Å². The van der Waals surface area contributed by atoms with Crippen molar-refractivity contribution >= 4 is 29.2 Å². The van der Waals surface area contributed by atoms with Crippen molar-refractivity contribution in [2.75, 3.05) is 13.1 Å². The summed E-state index contributed by atoms with van der Waals surface area (Å²) in [6, 6.07) is 3.17. The summed E-state index contributed by atoms with van der Waals surface area (Å²) < 4.78 is 0. The topological polar surface area (TPSA) is 60.8 Å². The number of phenols is 1. The van der Waals surface area contributed by atoms with Crippen LogP contribution in [0.5, 0.6) is 5.75 Å². The summed E-state index contributed by atoms with van der Waals surface area (Å²) in [7, 11) is 0. The van der Waals surface area contributed by atoms with Crippen LogP contribution in [0.2, 0.25) is 10.0 Å². The molecule has 19 heavy (non-hydrogen) atoms. The summed E-state index contributed by atoms with van der Waals surface area (Å²) in [5.74, 6) is -0.902. The van der Waals surface area contributed by atoms with Crippen LogP contribution in [-0.4, -0.2) is 34.2 Å².